The van der Waals surface area contributed by atoms with E-state index >= 15 is 0 Å². The van der Waals surface area contributed by atoms with Crippen LogP contribution in [-0.2, 0) is 9.59 Å². The van der Waals surface area contributed by atoms with Gasteiger partial charge in [0.05, 0.1) is 17.9 Å². The fourth-order valence-electron chi connectivity index (χ4n) is 3.64. The lowest BCUT2D eigenvalue weighted by Gasteiger charge is -2.29. The molecule has 0 radical (unpaired) electrons. The molecule has 1 fully saturated rings. The molecule has 25 heavy (non-hydrogen) atoms. The molecule has 0 bridgehead atoms. The van der Waals surface area contributed by atoms with Crippen LogP contribution in [0.1, 0.15) is 42.9 Å². The van der Waals surface area contributed by atoms with Gasteiger partial charge in [0, 0.05) is 0 Å². The summed E-state index contributed by atoms with van der Waals surface area (Å²) in [4.78, 5) is 24.4. The molecule has 4 heteroatoms. The summed E-state index contributed by atoms with van der Waals surface area (Å²) in [6.07, 6.45) is 3.00. The highest BCUT2D eigenvalue weighted by molar-refractivity contribution is 5.85. The molecule has 1 aliphatic rings. The number of carboxylic acid groups (broad SMARTS) is 1. The molecule has 2 aromatic carbocycles. The van der Waals surface area contributed by atoms with Gasteiger partial charge in [-0.05, 0) is 24.0 Å². The van der Waals surface area contributed by atoms with Crippen molar-refractivity contribution in [2.24, 2.45) is 11.8 Å². The lowest BCUT2D eigenvalue weighted by Crippen LogP contribution is -2.41. The van der Waals surface area contributed by atoms with Crippen LogP contribution in [0.4, 0.5) is 0 Å². The third-order valence-corrected chi connectivity index (χ3v) is 4.97. The minimum atomic E-state index is -0.865. The Bertz CT molecular complexity index is 675. The molecule has 130 valence electrons. The van der Waals surface area contributed by atoms with Crippen LogP contribution >= 0.6 is 0 Å². The first-order chi connectivity index (χ1) is 12.2. The van der Waals surface area contributed by atoms with E-state index in [1.54, 1.807) is 0 Å². The summed E-state index contributed by atoms with van der Waals surface area (Å²) in [5, 5.41) is 12.5. The maximum atomic E-state index is 12.9. The van der Waals surface area contributed by atoms with Gasteiger partial charge in [0.25, 0.3) is 0 Å². The van der Waals surface area contributed by atoms with Gasteiger partial charge in [-0.15, -0.1) is 0 Å². The van der Waals surface area contributed by atoms with Gasteiger partial charge in [-0.3, -0.25) is 9.59 Å². The molecule has 0 saturated heterocycles. The molecule has 1 amide bonds. The first kappa shape index (κ1) is 17.2. The van der Waals surface area contributed by atoms with Crippen LogP contribution in [0, 0.1) is 11.8 Å². The zero-order chi connectivity index (χ0) is 17.6. The van der Waals surface area contributed by atoms with E-state index in [-0.39, 0.29) is 11.9 Å². The normalized spacial score (nSPS) is 20.2. The molecule has 2 atom stereocenters. The van der Waals surface area contributed by atoms with Gasteiger partial charge in [0.1, 0.15) is 0 Å². The van der Waals surface area contributed by atoms with Crippen LogP contribution < -0.4 is 5.32 Å². The molecule has 2 N–H and O–H groups in total. The Morgan fingerprint density at radius 1 is 0.840 bits per heavy atom. The second-order valence-electron chi connectivity index (χ2n) is 6.60. The number of hydrogen-bond acceptors (Lipinski definition) is 2. The Balaban J connectivity index is 1.85. The number of nitrogens with one attached hydrogen (secondary N) is 1. The Morgan fingerprint density at radius 3 is 1.80 bits per heavy atom. The largest absolute Gasteiger partial charge is 0.481 e. The van der Waals surface area contributed by atoms with Crippen molar-refractivity contribution in [2.75, 3.05) is 0 Å². The summed E-state index contributed by atoms with van der Waals surface area (Å²) in [5.41, 5.74) is 1.98. The van der Waals surface area contributed by atoms with Crippen LogP contribution in [0.2, 0.25) is 0 Å². The van der Waals surface area contributed by atoms with E-state index in [1.165, 1.54) is 0 Å². The monoisotopic (exact) mass is 337 g/mol. The lowest BCUT2D eigenvalue weighted by atomic mass is 9.78. The fourth-order valence-corrected chi connectivity index (χ4v) is 3.64. The molecule has 0 unspecified atom stereocenters. The predicted molar refractivity (Wildman–Crippen MR) is 96.0 cm³/mol. The lowest BCUT2D eigenvalue weighted by molar-refractivity contribution is -0.149. The van der Waals surface area contributed by atoms with Crippen molar-refractivity contribution >= 4 is 11.9 Å². The van der Waals surface area contributed by atoms with Crippen LogP contribution in [0.5, 0.6) is 0 Å². The maximum absolute atomic E-state index is 12.9. The van der Waals surface area contributed by atoms with Crippen molar-refractivity contribution in [2.45, 2.75) is 31.7 Å². The zero-order valence-electron chi connectivity index (χ0n) is 14.1. The number of rotatable bonds is 5. The first-order valence-electron chi connectivity index (χ1n) is 8.80. The summed E-state index contributed by atoms with van der Waals surface area (Å²) in [5.74, 6) is -2.07. The molecule has 3 rings (SSSR count). The molecule has 2 aromatic rings. The van der Waals surface area contributed by atoms with Crippen molar-refractivity contribution in [3.05, 3.63) is 71.8 Å². The van der Waals surface area contributed by atoms with Crippen molar-refractivity contribution in [1.29, 1.82) is 0 Å². The molecular formula is C21H23NO3. The smallest absolute Gasteiger partial charge is 0.307 e. The summed E-state index contributed by atoms with van der Waals surface area (Å²) in [6, 6.07) is 19.3. The highest BCUT2D eigenvalue weighted by atomic mass is 16.4. The van der Waals surface area contributed by atoms with Gasteiger partial charge in [0.15, 0.2) is 0 Å². The van der Waals surface area contributed by atoms with Gasteiger partial charge in [0.2, 0.25) is 5.91 Å². The average molecular weight is 337 g/mol. The summed E-state index contributed by atoms with van der Waals surface area (Å²) in [6.45, 7) is 0. The van der Waals surface area contributed by atoms with E-state index in [4.69, 9.17) is 0 Å². The van der Waals surface area contributed by atoms with Crippen LogP contribution in [-0.4, -0.2) is 17.0 Å². The quantitative estimate of drug-likeness (QED) is 0.872. The number of amides is 1. The number of carboxylic acids is 1. The summed E-state index contributed by atoms with van der Waals surface area (Å²) < 4.78 is 0. The van der Waals surface area contributed by atoms with Gasteiger partial charge in [-0.1, -0.05) is 73.5 Å². The average Bonchev–Trinajstić information content (AvgIpc) is 2.67. The molecule has 4 nitrogen and oxygen atoms in total. The van der Waals surface area contributed by atoms with Gasteiger partial charge >= 0.3 is 5.97 Å². The third kappa shape index (κ3) is 4.08. The van der Waals surface area contributed by atoms with Crippen LogP contribution in [0.3, 0.4) is 0 Å². The Kier molecular flexibility index (Phi) is 5.49. The van der Waals surface area contributed by atoms with E-state index in [0.29, 0.717) is 12.8 Å². The van der Waals surface area contributed by atoms with Gasteiger partial charge in [-0.2, -0.15) is 0 Å². The third-order valence-electron chi connectivity index (χ3n) is 4.97. The van der Waals surface area contributed by atoms with Crippen molar-refractivity contribution < 1.29 is 14.7 Å². The molecule has 0 heterocycles. The number of aliphatic carboxylic acids is 1. The highest BCUT2D eigenvalue weighted by Gasteiger charge is 2.36. The predicted octanol–water partition coefficient (Wildman–Crippen LogP) is 3.78. The highest BCUT2D eigenvalue weighted by Crippen LogP contribution is 2.32. The topological polar surface area (TPSA) is 66.4 Å². The van der Waals surface area contributed by atoms with E-state index in [2.05, 4.69) is 5.32 Å². The second kappa shape index (κ2) is 7.97. The van der Waals surface area contributed by atoms with Crippen molar-refractivity contribution in [3.8, 4) is 0 Å². The zero-order valence-corrected chi connectivity index (χ0v) is 14.1. The molecule has 0 aliphatic heterocycles. The van der Waals surface area contributed by atoms with Crippen LogP contribution in [0.15, 0.2) is 60.7 Å². The van der Waals surface area contributed by atoms with E-state index in [0.717, 1.165) is 24.0 Å². The number of carbonyl (C=O) groups is 2. The minimum absolute atomic E-state index is 0.162. The second-order valence-corrected chi connectivity index (χ2v) is 6.60. The Morgan fingerprint density at radius 2 is 1.32 bits per heavy atom. The number of carbonyl (C=O) groups excluding carboxylic acids is 1. The molecule has 0 spiro atoms. The molecular weight excluding hydrogens is 314 g/mol. The van der Waals surface area contributed by atoms with E-state index < -0.39 is 17.8 Å². The Hall–Kier alpha value is -2.62. The number of benzene rings is 2. The standard InChI is InChI=1S/C21H23NO3/c23-20(17-13-7-8-14-18(17)21(24)25)22-19(15-9-3-1-4-10-15)16-11-5-2-6-12-16/h1-6,9-12,17-19H,7-8,13-14H2,(H,22,23)(H,24,25)/t17-,18+/m1/s1. The van der Waals surface area contributed by atoms with E-state index in [1.807, 2.05) is 60.7 Å². The van der Waals surface area contributed by atoms with Gasteiger partial charge < -0.3 is 10.4 Å². The van der Waals surface area contributed by atoms with Crippen LogP contribution in [0.25, 0.3) is 0 Å². The van der Waals surface area contributed by atoms with Gasteiger partial charge in [-0.25, -0.2) is 0 Å². The first-order valence-corrected chi connectivity index (χ1v) is 8.80. The van der Waals surface area contributed by atoms with Crippen molar-refractivity contribution in [1.82, 2.24) is 5.32 Å². The molecule has 0 aromatic heterocycles. The SMILES string of the molecule is O=C(O)[C@H]1CCCC[C@H]1C(=O)NC(c1ccccc1)c1ccccc1. The Labute approximate surface area is 147 Å². The van der Waals surface area contributed by atoms with Crippen molar-refractivity contribution in [3.63, 3.8) is 0 Å². The van der Waals surface area contributed by atoms with E-state index in [9.17, 15) is 14.7 Å². The minimum Gasteiger partial charge on any atom is -0.481 e. The molecule has 1 saturated carbocycles. The molecule has 1 aliphatic carbocycles. The maximum Gasteiger partial charge on any atom is 0.307 e. The summed E-state index contributed by atoms with van der Waals surface area (Å²) >= 11 is 0. The fraction of sp³-hybridized carbons (Fsp3) is 0.333. The summed E-state index contributed by atoms with van der Waals surface area (Å²) in [7, 11) is 0. The number of hydrogen-bond donors (Lipinski definition) is 2.